The standard InChI is InChI=1S/C28H30F3N3O3S/c1-21-8-14-26(15-9-21)38(36,37)34(25-7-5-6-23(18-25)28(29,30)31)20-27(35)32-19-22-10-12-24(13-11-22)33-16-3-2-4-17-33/h5-15,18H,2-4,16-17,19-20H2,1H3,(H,32,35). The van der Waals surface area contributed by atoms with Crippen LogP contribution in [0.4, 0.5) is 24.5 Å². The van der Waals surface area contributed by atoms with Crippen molar-refractivity contribution in [1.82, 2.24) is 5.32 Å². The van der Waals surface area contributed by atoms with Gasteiger partial charge in [0.05, 0.1) is 16.1 Å². The van der Waals surface area contributed by atoms with Crippen molar-refractivity contribution in [3.8, 4) is 0 Å². The van der Waals surface area contributed by atoms with Crippen LogP contribution in [-0.2, 0) is 27.5 Å². The Morgan fingerprint density at radius 2 is 1.61 bits per heavy atom. The smallest absolute Gasteiger partial charge is 0.372 e. The lowest BCUT2D eigenvalue weighted by Gasteiger charge is -2.28. The van der Waals surface area contributed by atoms with Crippen molar-refractivity contribution in [1.29, 1.82) is 0 Å². The van der Waals surface area contributed by atoms with Crippen molar-refractivity contribution in [2.75, 3.05) is 28.8 Å². The van der Waals surface area contributed by atoms with Crippen molar-refractivity contribution in [3.63, 3.8) is 0 Å². The molecule has 0 bridgehead atoms. The third-order valence-corrected chi connectivity index (χ3v) is 8.29. The van der Waals surface area contributed by atoms with Gasteiger partial charge in [-0.3, -0.25) is 9.10 Å². The van der Waals surface area contributed by atoms with E-state index in [2.05, 4.69) is 10.2 Å². The maximum absolute atomic E-state index is 13.5. The maximum Gasteiger partial charge on any atom is 0.416 e. The van der Waals surface area contributed by atoms with Crippen LogP contribution in [-0.4, -0.2) is 34.0 Å². The zero-order valence-corrected chi connectivity index (χ0v) is 21.9. The van der Waals surface area contributed by atoms with Crippen LogP contribution < -0.4 is 14.5 Å². The van der Waals surface area contributed by atoms with E-state index in [1.165, 1.54) is 24.6 Å². The summed E-state index contributed by atoms with van der Waals surface area (Å²) in [6.07, 6.45) is -1.12. The molecule has 0 aliphatic carbocycles. The monoisotopic (exact) mass is 545 g/mol. The van der Waals surface area contributed by atoms with Crippen molar-refractivity contribution in [2.45, 2.75) is 43.8 Å². The summed E-state index contributed by atoms with van der Waals surface area (Å²) in [7, 11) is -4.33. The molecule has 38 heavy (non-hydrogen) atoms. The first-order valence-corrected chi connectivity index (χ1v) is 13.9. The van der Waals surface area contributed by atoms with Crippen LogP contribution in [0, 0.1) is 6.92 Å². The largest absolute Gasteiger partial charge is 0.416 e. The second-order valence-electron chi connectivity index (χ2n) is 9.36. The van der Waals surface area contributed by atoms with Crippen LogP contribution in [0.5, 0.6) is 0 Å². The molecule has 1 saturated heterocycles. The third-order valence-electron chi connectivity index (χ3n) is 6.50. The van der Waals surface area contributed by atoms with Crippen molar-refractivity contribution in [3.05, 3.63) is 89.5 Å². The number of carbonyl (C=O) groups excluding carboxylic acids is 1. The van der Waals surface area contributed by atoms with E-state index in [4.69, 9.17) is 0 Å². The number of hydrogen-bond acceptors (Lipinski definition) is 4. The summed E-state index contributed by atoms with van der Waals surface area (Å²) >= 11 is 0. The average molecular weight is 546 g/mol. The molecule has 1 heterocycles. The number of alkyl halides is 3. The van der Waals surface area contributed by atoms with Gasteiger partial charge in [0.1, 0.15) is 6.54 Å². The van der Waals surface area contributed by atoms with Gasteiger partial charge in [0.2, 0.25) is 5.91 Å². The predicted molar refractivity (Wildman–Crippen MR) is 142 cm³/mol. The van der Waals surface area contributed by atoms with E-state index in [9.17, 15) is 26.4 Å². The molecule has 4 rings (SSSR count). The topological polar surface area (TPSA) is 69.7 Å². The highest BCUT2D eigenvalue weighted by atomic mass is 32.2. The van der Waals surface area contributed by atoms with Gasteiger partial charge in [0.15, 0.2) is 0 Å². The summed E-state index contributed by atoms with van der Waals surface area (Å²) in [5.74, 6) is -0.641. The minimum absolute atomic E-state index is 0.124. The summed E-state index contributed by atoms with van der Waals surface area (Å²) in [5, 5.41) is 2.69. The van der Waals surface area contributed by atoms with Crippen LogP contribution in [0.1, 0.15) is 36.0 Å². The predicted octanol–water partition coefficient (Wildman–Crippen LogP) is 5.52. The molecule has 1 N–H and O–H groups in total. The Balaban J connectivity index is 1.52. The summed E-state index contributed by atoms with van der Waals surface area (Å²) < 4.78 is 67.7. The second kappa shape index (κ2) is 11.5. The molecule has 1 aliphatic rings. The number of piperidine rings is 1. The average Bonchev–Trinajstić information content (AvgIpc) is 2.91. The number of aryl methyl sites for hydroxylation is 1. The number of halogens is 3. The highest BCUT2D eigenvalue weighted by molar-refractivity contribution is 7.92. The van der Waals surface area contributed by atoms with Crippen LogP contribution in [0.2, 0.25) is 0 Å². The zero-order chi connectivity index (χ0) is 27.3. The summed E-state index contributed by atoms with van der Waals surface area (Å²) in [6.45, 7) is 3.28. The number of hydrogen-bond donors (Lipinski definition) is 1. The molecular weight excluding hydrogens is 515 g/mol. The van der Waals surface area contributed by atoms with E-state index in [0.29, 0.717) is 4.31 Å². The lowest BCUT2D eigenvalue weighted by molar-refractivity contribution is -0.137. The fourth-order valence-corrected chi connectivity index (χ4v) is 5.77. The Morgan fingerprint density at radius 1 is 0.947 bits per heavy atom. The number of nitrogens with zero attached hydrogens (tertiary/aromatic N) is 2. The molecule has 202 valence electrons. The molecule has 0 spiro atoms. The minimum Gasteiger partial charge on any atom is -0.372 e. The number of amides is 1. The second-order valence-corrected chi connectivity index (χ2v) is 11.2. The third kappa shape index (κ3) is 6.66. The molecule has 0 saturated carbocycles. The molecule has 0 aromatic heterocycles. The maximum atomic E-state index is 13.5. The van der Waals surface area contributed by atoms with Crippen molar-refractivity contribution in [2.24, 2.45) is 0 Å². The molecule has 0 atom stereocenters. The summed E-state index contributed by atoms with van der Waals surface area (Å²) in [6, 6.07) is 17.6. The number of sulfonamides is 1. The molecule has 10 heteroatoms. The molecular formula is C28H30F3N3O3S. The van der Waals surface area contributed by atoms with Crippen LogP contribution in [0.3, 0.4) is 0 Å². The Hall–Kier alpha value is -3.53. The first kappa shape index (κ1) is 27.5. The van der Waals surface area contributed by atoms with Crippen molar-refractivity contribution >= 4 is 27.3 Å². The number of rotatable bonds is 8. The van der Waals surface area contributed by atoms with Gasteiger partial charge in [-0.2, -0.15) is 13.2 Å². The Morgan fingerprint density at radius 3 is 2.24 bits per heavy atom. The number of carbonyl (C=O) groups is 1. The van der Waals surface area contributed by atoms with E-state index in [1.807, 2.05) is 24.3 Å². The molecule has 6 nitrogen and oxygen atoms in total. The zero-order valence-electron chi connectivity index (χ0n) is 21.0. The number of nitrogens with one attached hydrogen (secondary N) is 1. The van der Waals surface area contributed by atoms with Gasteiger partial charge < -0.3 is 10.2 Å². The summed E-state index contributed by atoms with van der Waals surface area (Å²) in [5.41, 5.74) is 1.50. The number of benzene rings is 3. The highest BCUT2D eigenvalue weighted by Gasteiger charge is 2.33. The SMILES string of the molecule is Cc1ccc(S(=O)(=O)N(CC(=O)NCc2ccc(N3CCCCC3)cc2)c2cccc(C(F)(F)F)c2)cc1. The molecule has 1 amide bonds. The first-order valence-electron chi connectivity index (χ1n) is 12.4. The lowest BCUT2D eigenvalue weighted by Crippen LogP contribution is -2.40. The van der Waals surface area contributed by atoms with E-state index in [-0.39, 0.29) is 17.1 Å². The van der Waals surface area contributed by atoms with Crippen LogP contribution >= 0.6 is 0 Å². The van der Waals surface area contributed by atoms with Gasteiger partial charge in [0.25, 0.3) is 10.0 Å². The van der Waals surface area contributed by atoms with Gasteiger partial charge >= 0.3 is 6.18 Å². The van der Waals surface area contributed by atoms with Crippen LogP contribution in [0.15, 0.2) is 77.7 Å². The van der Waals surface area contributed by atoms with Crippen molar-refractivity contribution < 1.29 is 26.4 Å². The Kier molecular flexibility index (Phi) is 8.30. The lowest BCUT2D eigenvalue weighted by atomic mass is 10.1. The number of anilines is 2. The fourth-order valence-electron chi connectivity index (χ4n) is 4.35. The molecule has 3 aromatic rings. The molecule has 3 aromatic carbocycles. The quantitative estimate of drug-likeness (QED) is 0.405. The van der Waals surface area contributed by atoms with Crippen LogP contribution in [0.25, 0.3) is 0 Å². The van der Waals surface area contributed by atoms with Gasteiger partial charge in [-0.25, -0.2) is 8.42 Å². The molecule has 0 unspecified atom stereocenters. The van der Waals surface area contributed by atoms with Gasteiger partial charge in [-0.1, -0.05) is 35.9 Å². The van der Waals surface area contributed by atoms with E-state index < -0.39 is 34.2 Å². The van der Waals surface area contributed by atoms with E-state index >= 15 is 0 Å². The first-order chi connectivity index (χ1) is 18.0. The summed E-state index contributed by atoms with van der Waals surface area (Å²) in [4.78, 5) is 15.1. The van der Waals surface area contributed by atoms with Gasteiger partial charge in [-0.05, 0) is 74.2 Å². The normalized spacial score (nSPS) is 14.3. The van der Waals surface area contributed by atoms with E-state index in [0.717, 1.165) is 60.9 Å². The molecule has 1 fully saturated rings. The van der Waals surface area contributed by atoms with Gasteiger partial charge in [-0.15, -0.1) is 0 Å². The van der Waals surface area contributed by atoms with E-state index in [1.54, 1.807) is 19.1 Å². The molecule has 0 radical (unpaired) electrons. The Bertz CT molecular complexity index is 1350. The molecule has 1 aliphatic heterocycles. The minimum atomic E-state index is -4.67. The highest BCUT2D eigenvalue weighted by Crippen LogP contribution is 2.33. The fraction of sp³-hybridized carbons (Fsp3) is 0.321. The Labute approximate surface area is 221 Å². The van der Waals surface area contributed by atoms with Gasteiger partial charge in [0, 0.05) is 25.3 Å².